The van der Waals surface area contributed by atoms with Crippen molar-refractivity contribution < 1.29 is 4.74 Å². The number of piperidine rings is 1. The molecular formula is C13H23N3OS. The molecule has 18 heavy (non-hydrogen) atoms. The molecule has 0 amide bonds. The van der Waals surface area contributed by atoms with Crippen LogP contribution in [0.2, 0.25) is 0 Å². The Bertz CT molecular complexity index is 405. The molecule has 1 fully saturated rings. The van der Waals surface area contributed by atoms with Gasteiger partial charge in [0.05, 0.1) is 11.8 Å². The number of aryl methyl sites for hydroxylation is 1. The van der Waals surface area contributed by atoms with Crippen LogP contribution in [-0.2, 0) is 4.74 Å². The van der Waals surface area contributed by atoms with Crippen molar-refractivity contribution in [2.45, 2.75) is 51.8 Å². The van der Waals surface area contributed by atoms with E-state index in [9.17, 15) is 0 Å². The molecule has 2 heterocycles. The minimum absolute atomic E-state index is 0.0723. The second-order valence-electron chi connectivity index (χ2n) is 5.16. The SMILES string of the molecule is COC1CCN(c2nc(C)c(C(C)N)s2)C(C)C1. The lowest BCUT2D eigenvalue weighted by Gasteiger charge is -2.36. The molecule has 0 bridgehead atoms. The van der Waals surface area contributed by atoms with Crippen LogP contribution in [0.4, 0.5) is 5.13 Å². The maximum Gasteiger partial charge on any atom is 0.186 e. The lowest BCUT2D eigenvalue weighted by Crippen LogP contribution is -2.43. The fraction of sp³-hybridized carbons (Fsp3) is 0.769. The van der Waals surface area contributed by atoms with Crippen molar-refractivity contribution in [3.63, 3.8) is 0 Å². The first-order valence-electron chi connectivity index (χ1n) is 6.55. The van der Waals surface area contributed by atoms with E-state index in [1.54, 1.807) is 18.4 Å². The molecule has 0 spiro atoms. The summed E-state index contributed by atoms with van der Waals surface area (Å²) in [7, 11) is 1.80. The second-order valence-corrected chi connectivity index (χ2v) is 6.17. The van der Waals surface area contributed by atoms with Crippen molar-refractivity contribution in [1.82, 2.24) is 4.98 Å². The Kier molecular flexibility index (Phi) is 4.25. The van der Waals surface area contributed by atoms with Crippen LogP contribution in [0, 0.1) is 6.92 Å². The van der Waals surface area contributed by atoms with Gasteiger partial charge in [0, 0.05) is 30.6 Å². The minimum Gasteiger partial charge on any atom is -0.381 e. The van der Waals surface area contributed by atoms with Crippen molar-refractivity contribution >= 4 is 16.5 Å². The van der Waals surface area contributed by atoms with Crippen LogP contribution < -0.4 is 10.6 Å². The topological polar surface area (TPSA) is 51.4 Å². The largest absolute Gasteiger partial charge is 0.381 e. The standard InChI is InChI=1S/C13H23N3OS/c1-8-7-11(17-4)5-6-16(8)13-15-10(3)12(18-13)9(2)14/h8-9,11H,5-7,14H2,1-4H3. The van der Waals surface area contributed by atoms with Crippen molar-refractivity contribution in [3.05, 3.63) is 10.6 Å². The predicted molar refractivity (Wildman–Crippen MR) is 76.3 cm³/mol. The minimum atomic E-state index is 0.0723. The number of anilines is 1. The molecule has 0 aliphatic carbocycles. The number of nitrogens with zero attached hydrogens (tertiary/aromatic N) is 2. The summed E-state index contributed by atoms with van der Waals surface area (Å²) in [6.45, 7) is 7.33. The third-order valence-corrected chi connectivity index (χ3v) is 5.04. The zero-order valence-electron chi connectivity index (χ0n) is 11.6. The molecule has 1 aliphatic rings. The Morgan fingerprint density at radius 1 is 1.56 bits per heavy atom. The first kappa shape index (κ1) is 13.8. The quantitative estimate of drug-likeness (QED) is 0.916. The van der Waals surface area contributed by atoms with Gasteiger partial charge >= 0.3 is 0 Å². The molecule has 2 N–H and O–H groups in total. The van der Waals surface area contributed by atoms with Gasteiger partial charge in [0.15, 0.2) is 5.13 Å². The predicted octanol–water partition coefficient (Wildman–Crippen LogP) is 2.47. The Balaban J connectivity index is 2.14. The number of hydrogen-bond acceptors (Lipinski definition) is 5. The van der Waals surface area contributed by atoms with Crippen LogP contribution in [-0.4, -0.2) is 30.8 Å². The van der Waals surface area contributed by atoms with Gasteiger partial charge in [0.2, 0.25) is 0 Å². The highest BCUT2D eigenvalue weighted by Crippen LogP contribution is 2.33. The van der Waals surface area contributed by atoms with Crippen LogP contribution in [0.5, 0.6) is 0 Å². The summed E-state index contributed by atoms with van der Waals surface area (Å²) in [5, 5.41) is 1.11. The molecule has 102 valence electrons. The molecule has 1 saturated heterocycles. The van der Waals surface area contributed by atoms with E-state index in [-0.39, 0.29) is 6.04 Å². The Morgan fingerprint density at radius 3 is 2.78 bits per heavy atom. The zero-order chi connectivity index (χ0) is 13.3. The van der Waals surface area contributed by atoms with Gasteiger partial charge in [-0.3, -0.25) is 0 Å². The van der Waals surface area contributed by atoms with Gasteiger partial charge in [-0.05, 0) is 33.6 Å². The molecule has 1 aliphatic heterocycles. The molecule has 0 saturated carbocycles. The van der Waals surface area contributed by atoms with Gasteiger partial charge in [-0.2, -0.15) is 0 Å². The molecule has 3 unspecified atom stereocenters. The fourth-order valence-electron chi connectivity index (χ4n) is 2.57. The third kappa shape index (κ3) is 2.68. The maximum atomic E-state index is 5.97. The highest BCUT2D eigenvalue weighted by atomic mass is 32.1. The van der Waals surface area contributed by atoms with Crippen molar-refractivity contribution in [2.24, 2.45) is 5.73 Å². The Hall–Kier alpha value is -0.650. The molecule has 5 heteroatoms. The van der Waals surface area contributed by atoms with E-state index in [1.165, 1.54) is 4.88 Å². The second kappa shape index (κ2) is 5.55. The van der Waals surface area contributed by atoms with E-state index in [1.807, 2.05) is 13.8 Å². The Morgan fingerprint density at radius 2 is 2.28 bits per heavy atom. The van der Waals surface area contributed by atoms with Crippen LogP contribution in [0.1, 0.15) is 43.3 Å². The van der Waals surface area contributed by atoms with Crippen LogP contribution in [0.25, 0.3) is 0 Å². The first-order valence-corrected chi connectivity index (χ1v) is 7.37. The summed E-state index contributed by atoms with van der Waals surface area (Å²) in [5.74, 6) is 0. The summed E-state index contributed by atoms with van der Waals surface area (Å²) < 4.78 is 5.45. The van der Waals surface area contributed by atoms with Crippen molar-refractivity contribution in [2.75, 3.05) is 18.6 Å². The van der Waals surface area contributed by atoms with Crippen molar-refractivity contribution in [1.29, 1.82) is 0 Å². The number of ether oxygens (including phenoxy) is 1. The van der Waals surface area contributed by atoms with Gasteiger partial charge in [0.1, 0.15) is 0 Å². The smallest absolute Gasteiger partial charge is 0.186 e. The summed E-state index contributed by atoms with van der Waals surface area (Å²) in [5.41, 5.74) is 7.04. The normalized spacial score (nSPS) is 26.4. The van der Waals surface area contributed by atoms with E-state index in [2.05, 4.69) is 16.8 Å². The highest BCUT2D eigenvalue weighted by Gasteiger charge is 2.28. The molecule has 4 nitrogen and oxygen atoms in total. The molecular weight excluding hydrogens is 246 g/mol. The maximum absolute atomic E-state index is 5.97. The average molecular weight is 269 g/mol. The van der Waals surface area contributed by atoms with E-state index >= 15 is 0 Å². The molecule has 3 atom stereocenters. The van der Waals surface area contributed by atoms with Crippen LogP contribution >= 0.6 is 11.3 Å². The highest BCUT2D eigenvalue weighted by molar-refractivity contribution is 7.15. The summed E-state index contributed by atoms with van der Waals surface area (Å²) in [6.07, 6.45) is 2.54. The molecule has 2 rings (SSSR count). The zero-order valence-corrected chi connectivity index (χ0v) is 12.5. The van der Waals surface area contributed by atoms with E-state index < -0.39 is 0 Å². The van der Waals surface area contributed by atoms with Gasteiger partial charge in [0.25, 0.3) is 0 Å². The number of nitrogens with two attached hydrogens (primary N) is 1. The van der Waals surface area contributed by atoms with Gasteiger partial charge < -0.3 is 15.4 Å². The monoisotopic (exact) mass is 269 g/mol. The lowest BCUT2D eigenvalue weighted by molar-refractivity contribution is 0.0721. The van der Waals surface area contributed by atoms with Gasteiger partial charge in [-0.1, -0.05) is 0 Å². The third-order valence-electron chi connectivity index (χ3n) is 3.64. The van der Waals surface area contributed by atoms with E-state index in [0.29, 0.717) is 12.1 Å². The van der Waals surface area contributed by atoms with Gasteiger partial charge in [-0.15, -0.1) is 11.3 Å². The summed E-state index contributed by atoms with van der Waals surface area (Å²) in [6, 6.07) is 0.554. The van der Waals surface area contributed by atoms with E-state index in [0.717, 1.165) is 30.2 Å². The molecule has 0 radical (unpaired) electrons. The number of rotatable bonds is 3. The summed E-state index contributed by atoms with van der Waals surface area (Å²) in [4.78, 5) is 8.27. The average Bonchev–Trinajstić information content (AvgIpc) is 2.71. The Labute approximate surface area is 113 Å². The van der Waals surface area contributed by atoms with Gasteiger partial charge in [-0.25, -0.2) is 4.98 Å². The molecule has 0 aromatic carbocycles. The number of aromatic nitrogens is 1. The fourth-order valence-corrected chi connectivity index (χ4v) is 3.71. The van der Waals surface area contributed by atoms with Crippen LogP contribution in [0.3, 0.4) is 0 Å². The van der Waals surface area contributed by atoms with Crippen molar-refractivity contribution in [3.8, 4) is 0 Å². The number of hydrogen-bond donors (Lipinski definition) is 1. The van der Waals surface area contributed by atoms with E-state index in [4.69, 9.17) is 10.5 Å². The lowest BCUT2D eigenvalue weighted by atomic mass is 10.0. The number of methoxy groups -OCH3 is 1. The molecule has 1 aromatic rings. The molecule has 1 aromatic heterocycles. The first-order chi connectivity index (χ1) is 8.52. The summed E-state index contributed by atoms with van der Waals surface area (Å²) >= 11 is 1.74. The van der Waals surface area contributed by atoms with Crippen LogP contribution in [0.15, 0.2) is 0 Å². The number of thiazole rings is 1.